The van der Waals surface area contributed by atoms with Gasteiger partial charge in [-0.1, -0.05) is 6.07 Å². The third kappa shape index (κ3) is 2.13. The van der Waals surface area contributed by atoms with E-state index in [1.165, 1.54) is 0 Å². The zero-order valence-corrected chi connectivity index (χ0v) is 9.98. The van der Waals surface area contributed by atoms with Crippen LogP contribution < -0.4 is 14.8 Å². The third-order valence-corrected chi connectivity index (χ3v) is 3.22. The van der Waals surface area contributed by atoms with Crippen LogP contribution in [0.25, 0.3) is 0 Å². The molecule has 0 radical (unpaired) electrons. The normalized spacial score (nSPS) is 21.0. The lowest BCUT2D eigenvalue weighted by Gasteiger charge is -2.10. The highest BCUT2D eigenvalue weighted by molar-refractivity contribution is 5.97. The summed E-state index contributed by atoms with van der Waals surface area (Å²) in [5, 5.41) is 2.92. The second-order valence-corrected chi connectivity index (χ2v) is 4.48. The molecule has 0 aliphatic carbocycles. The number of carbonyl (C=O) groups excluding carboxylic acids is 1. The summed E-state index contributed by atoms with van der Waals surface area (Å²) >= 11 is 0. The smallest absolute Gasteiger partial charge is 0.255 e. The fourth-order valence-corrected chi connectivity index (χ4v) is 2.19. The molecule has 1 aromatic rings. The van der Waals surface area contributed by atoms with Crippen LogP contribution in [0.4, 0.5) is 0 Å². The molecule has 0 saturated carbocycles. The number of nitrogens with one attached hydrogen (secondary N) is 1. The molecule has 1 aromatic carbocycles. The highest BCUT2D eigenvalue weighted by atomic mass is 16.7. The van der Waals surface area contributed by atoms with Crippen molar-refractivity contribution in [3.05, 3.63) is 23.8 Å². The molecule has 1 unspecified atom stereocenters. The van der Waals surface area contributed by atoms with E-state index < -0.39 is 0 Å². The number of ether oxygens (including phenoxy) is 3. The average Bonchev–Trinajstić information content (AvgIpc) is 3.05. The van der Waals surface area contributed by atoms with Crippen molar-refractivity contribution in [2.24, 2.45) is 5.92 Å². The molecule has 2 aliphatic heterocycles. The summed E-state index contributed by atoms with van der Waals surface area (Å²) < 4.78 is 15.8. The van der Waals surface area contributed by atoms with Gasteiger partial charge >= 0.3 is 0 Å². The highest BCUT2D eigenvalue weighted by Gasteiger charge is 2.23. The largest absolute Gasteiger partial charge is 0.454 e. The first-order chi connectivity index (χ1) is 8.84. The van der Waals surface area contributed by atoms with Crippen molar-refractivity contribution < 1.29 is 19.0 Å². The second-order valence-electron chi connectivity index (χ2n) is 4.48. The van der Waals surface area contributed by atoms with E-state index in [-0.39, 0.29) is 12.7 Å². The number of para-hydroxylation sites is 1. The van der Waals surface area contributed by atoms with Crippen LogP contribution >= 0.6 is 0 Å². The van der Waals surface area contributed by atoms with Gasteiger partial charge in [-0.05, 0) is 18.6 Å². The van der Waals surface area contributed by atoms with Crippen molar-refractivity contribution in [3.8, 4) is 11.5 Å². The molecule has 1 atom stereocenters. The topological polar surface area (TPSA) is 56.8 Å². The number of hydrogen-bond acceptors (Lipinski definition) is 4. The molecule has 1 amide bonds. The lowest BCUT2D eigenvalue weighted by molar-refractivity contribution is 0.0940. The Morgan fingerprint density at radius 1 is 1.39 bits per heavy atom. The fourth-order valence-electron chi connectivity index (χ4n) is 2.19. The second kappa shape index (κ2) is 4.86. The first kappa shape index (κ1) is 11.3. The van der Waals surface area contributed by atoms with Crippen molar-refractivity contribution in [3.63, 3.8) is 0 Å². The summed E-state index contributed by atoms with van der Waals surface area (Å²) in [5.41, 5.74) is 0.531. The van der Waals surface area contributed by atoms with Crippen LogP contribution in [0.5, 0.6) is 11.5 Å². The van der Waals surface area contributed by atoms with Crippen molar-refractivity contribution in [2.75, 3.05) is 26.6 Å². The van der Waals surface area contributed by atoms with E-state index in [0.717, 1.165) is 19.6 Å². The van der Waals surface area contributed by atoms with Gasteiger partial charge in [-0.2, -0.15) is 0 Å². The molecule has 5 heteroatoms. The predicted octanol–water partition coefficient (Wildman–Crippen LogP) is 1.18. The molecule has 0 spiro atoms. The van der Waals surface area contributed by atoms with E-state index in [2.05, 4.69) is 5.32 Å². The number of benzene rings is 1. The summed E-state index contributed by atoms with van der Waals surface area (Å²) in [6.07, 6.45) is 1.01. The number of fused-ring (bicyclic) bond motifs is 1. The summed E-state index contributed by atoms with van der Waals surface area (Å²) in [7, 11) is 0. The van der Waals surface area contributed by atoms with E-state index >= 15 is 0 Å². The minimum atomic E-state index is -0.121. The Balaban J connectivity index is 1.67. The molecular formula is C13H15NO4. The minimum absolute atomic E-state index is 0.121. The molecule has 5 nitrogen and oxygen atoms in total. The number of amides is 1. The SMILES string of the molecule is O=C(NCC1CCOC1)c1cccc2c1OCO2. The van der Waals surface area contributed by atoms with Gasteiger partial charge in [0.25, 0.3) is 5.91 Å². The van der Waals surface area contributed by atoms with E-state index in [4.69, 9.17) is 14.2 Å². The zero-order chi connectivity index (χ0) is 12.4. The van der Waals surface area contributed by atoms with Gasteiger partial charge in [-0.25, -0.2) is 0 Å². The molecule has 2 aliphatic rings. The van der Waals surface area contributed by atoms with Crippen molar-refractivity contribution in [2.45, 2.75) is 6.42 Å². The first-order valence-corrected chi connectivity index (χ1v) is 6.09. The zero-order valence-electron chi connectivity index (χ0n) is 9.98. The lowest BCUT2D eigenvalue weighted by atomic mass is 10.1. The molecule has 1 N–H and O–H groups in total. The van der Waals surface area contributed by atoms with Gasteiger partial charge in [0.15, 0.2) is 11.5 Å². The maximum Gasteiger partial charge on any atom is 0.255 e. The van der Waals surface area contributed by atoms with E-state index in [1.54, 1.807) is 18.2 Å². The van der Waals surface area contributed by atoms with E-state index in [1.807, 2.05) is 0 Å². The molecular weight excluding hydrogens is 234 g/mol. The molecule has 1 saturated heterocycles. The summed E-state index contributed by atoms with van der Waals surface area (Å²) in [5.74, 6) is 1.47. The van der Waals surface area contributed by atoms with Crippen LogP contribution in [0.15, 0.2) is 18.2 Å². The van der Waals surface area contributed by atoms with Gasteiger partial charge in [0.1, 0.15) is 0 Å². The molecule has 2 heterocycles. The van der Waals surface area contributed by atoms with Crippen molar-refractivity contribution in [1.29, 1.82) is 0 Å². The Hall–Kier alpha value is -1.75. The molecule has 0 aromatic heterocycles. The van der Waals surface area contributed by atoms with Crippen molar-refractivity contribution >= 4 is 5.91 Å². The molecule has 3 rings (SSSR count). The summed E-state index contributed by atoms with van der Waals surface area (Å²) in [6, 6.07) is 5.33. The van der Waals surface area contributed by atoms with Gasteiger partial charge in [0, 0.05) is 19.1 Å². The van der Waals surface area contributed by atoms with Gasteiger partial charge in [0.2, 0.25) is 6.79 Å². The van der Waals surface area contributed by atoms with Crippen LogP contribution in [-0.4, -0.2) is 32.5 Å². The number of carbonyl (C=O) groups is 1. The quantitative estimate of drug-likeness (QED) is 0.874. The first-order valence-electron chi connectivity index (χ1n) is 6.09. The van der Waals surface area contributed by atoms with Gasteiger partial charge in [-0.15, -0.1) is 0 Å². The summed E-state index contributed by atoms with van der Waals surface area (Å²) in [4.78, 5) is 12.1. The number of hydrogen-bond donors (Lipinski definition) is 1. The maximum absolute atomic E-state index is 12.1. The Morgan fingerprint density at radius 2 is 2.33 bits per heavy atom. The standard InChI is InChI=1S/C13H15NO4/c15-13(14-6-9-4-5-16-7-9)10-2-1-3-11-12(10)18-8-17-11/h1-3,9H,4-8H2,(H,14,15). The minimum Gasteiger partial charge on any atom is -0.454 e. The predicted molar refractivity (Wildman–Crippen MR) is 63.8 cm³/mol. The van der Waals surface area contributed by atoms with Crippen LogP contribution in [0.2, 0.25) is 0 Å². The van der Waals surface area contributed by atoms with Gasteiger partial charge in [-0.3, -0.25) is 4.79 Å². The van der Waals surface area contributed by atoms with Crippen LogP contribution in [0.3, 0.4) is 0 Å². The molecule has 18 heavy (non-hydrogen) atoms. The van der Waals surface area contributed by atoms with E-state index in [9.17, 15) is 4.79 Å². The van der Waals surface area contributed by atoms with Gasteiger partial charge in [0.05, 0.1) is 12.2 Å². The Kier molecular flexibility index (Phi) is 3.06. The maximum atomic E-state index is 12.1. The molecule has 0 bridgehead atoms. The van der Waals surface area contributed by atoms with Crippen molar-refractivity contribution in [1.82, 2.24) is 5.32 Å². The van der Waals surface area contributed by atoms with Crippen LogP contribution in [0.1, 0.15) is 16.8 Å². The molecule has 1 fully saturated rings. The Bertz CT molecular complexity index is 454. The van der Waals surface area contributed by atoms with Crippen LogP contribution in [-0.2, 0) is 4.74 Å². The van der Waals surface area contributed by atoms with Gasteiger partial charge < -0.3 is 19.5 Å². The Labute approximate surface area is 105 Å². The number of rotatable bonds is 3. The summed E-state index contributed by atoms with van der Waals surface area (Å²) in [6.45, 7) is 2.34. The third-order valence-electron chi connectivity index (χ3n) is 3.22. The average molecular weight is 249 g/mol. The fraction of sp³-hybridized carbons (Fsp3) is 0.462. The lowest BCUT2D eigenvalue weighted by Crippen LogP contribution is -2.29. The van der Waals surface area contributed by atoms with E-state index in [0.29, 0.717) is 29.5 Å². The highest BCUT2D eigenvalue weighted by Crippen LogP contribution is 2.35. The van der Waals surface area contributed by atoms with Crippen LogP contribution in [0, 0.1) is 5.92 Å². The monoisotopic (exact) mass is 249 g/mol. The Morgan fingerprint density at radius 3 is 3.17 bits per heavy atom. The molecule has 96 valence electrons.